The summed E-state index contributed by atoms with van der Waals surface area (Å²) in [5.74, 6) is -0.314. The minimum absolute atomic E-state index is 0.314. The highest BCUT2D eigenvalue weighted by molar-refractivity contribution is 5.87. The second kappa shape index (κ2) is 7.85. The van der Waals surface area contributed by atoms with Crippen LogP contribution in [-0.2, 0) is 9.53 Å². The summed E-state index contributed by atoms with van der Waals surface area (Å²) in [5, 5.41) is 0. The van der Waals surface area contributed by atoms with E-state index in [1.54, 1.807) is 13.0 Å². The summed E-state index contributed by atoms with van der Waals surface area (Å²) in [5.41, 5.74) is 3.26. The number of hydrogen-bond donors (Lipinski definition) is 0. The van der Waals surface area contributed by atoms with Crippen LogP contribution in [0.15, 0.2) is 60.7 Å². The van der Waals surface area contributed by atoms with Gasteiger partial charge in [-0.25, -0.2) is 4.79 Å². The van der Waals surface area contributed by atoms with Crippen LogP contribution in [0.25, 0.3) is 18.2 Å². The van der Waals surface area contributed by atoms with E-state index in [4.69, 9.17) is 4.74 Å². The Morgan fingerprint density at radius 3 is 1.95 bits per heavy atom. The monoisotopic (exact) mass is 278 g/mol. The fraction of sp³-hybridized carbons (Fsp3) is 0.105. The molecule has 0 radical (unpaired) electrons. The van der Waals surface area contributed by atoms with Gasteiger partial charge in [-0.15, -0.1) is 0 Å². The van der Waals surface area contributed by atoms with Gasteiger partial charge in [-0.2, -0.15) is 0 Å². The Bertz CT molecular complexity index is 622. The molecule has 0 unspecified atom stereocenters. The van der Waals surface area contributed by atoms with E-state index in [1.165, 1.54) is 11.6 Å². The molecular weight excluding hydrogens is 260 g/mol. The van der Waals surface area contributed by atoms with E-state index in [-0.39, 0.29) is 5.97 Å². The van der Waals surface area contributed by atoms with Crippen LogP contribution in [-0.4, -0.2) is 12.6 Å². The molecule has 0 atom stereocenters. The van der Waals surface area contributed by atoms with Crippen LogP contribution in [0.5, 0.6) is 0 Å². The number of ether oxygens (including phenoxy) is 1. The summed E-state index contributed by atoms with van der Waals surface area (Å²) >= 11 is 0. The third kappa shape index (κ3) is 5.11. The number of esters is 1. The molecule has 106 valence electrons. The summed E-state index contributed by atoms with van der Waals surface area (Å²) in [6.07, 6.45) is 7.33. The topological polar surface area (TPSA) is 26.3 Å². The first kappa shape index (κ1) is 14.8. The van der Waals surface area contributed by atoms with Gasteiger partial charge in [-0.05, 0) is 29.7 Å². The van der Waals surface area contributed by atoms with Crippen LogP contribution in [0.3, 0.4) is 0 Å². The summed E-state index contributed by atoms with van der Waals surface area (Å²) in [7, 11) is 0. The molecule has 0 amide bonds. The standard InChI is InChI=1S/C19H18O2/c1-2-21-19(20)15-14-18-12-10-17(11-13-18)9-8-16-6-4-3-5-7-16/h3-15H,2H2,1H3/b9-8+,15-14+. The van der Waals surface area contributed by atoms with E-state index in [0.29, 0.717) is 6.61 Å². The second-order valence-electron chi connectivity index (χ2n) is 4.50. The van der Waals surface area contributed by atoms with Crippen molar-refractivity contribution in [3.05, 3.63) is 77.4 Å². The lowest BCUT2D eigenvalue weighted by Crippen LogP contribution is -1.98. The normalized spacial score (nSPS) is 11.1. The Kier molecular flexibility index (Phi) is 5.53. The van der Waals surface area contributed by atoms with Gasteiger partial charge in [0.05, 0.1) is 6.61 Å². The molecule has 2 aromatic carbocycles. The number of benzene rings is 2. The summed E-state index contributed by atoms with van der Waals surface area (Å²) < 4.78 is 4.84. The zero-order valence-electron chi connectivity index (χ0n) is 12.0. The molecule has 0 saturated carbocycles. The average Bonchev–Trinajstić information content (AvgIpc) is 2.53. The van der Waals surface area contributed by atoms with E-state index >= 15 is 0 Å². The third-order valence-electron chi connectivity index (χ3n) is 2.90. The molecule has 0 bridgehead atoms. The van der Waals surface area contributed by atoms with Crippen molar-refractivity contribution in [2.75, 3.05) is 6.61 Å². The van der Waals surface area contributed by atoms with Crippen molar-refractivity contribution in [1.29, 1.82) is 0 Å². The molecule has 0 saturated heterocycles. The zero-order valence-corrected chi connectivity index (χ0v) is 12.0. The van der Waals surface area contributed by atoms with Crippen molar-refractivity contribution >= 4 is 24.2 Å². The maximum Gasteiger partial charge on any atom is 0.330 e. The lowest BCUT2D eigenvalue weighted by molar-refractivity contribution is -0.137. The predicted octanol–water partition coefficient (Wildman–Crippen LogP) is 4.43. The fourth-order valence-corrected chi connectivity index (χ4v) is 1.83. The van der Waals surface area contributed by atoms with E-state index in [9.17, 15) is 4.79 Å². The number of rotatable bonds is 5. The van der Waals surface area contributed by atoms with E-state index < -0.39 is 0 Å². The van der Waals surface area contributed by atoms with Gasteiger partial charge in [0, 0.05) is 6.08 Å². The molecule has 0 N–H and O–H groups in total. The van der Waals surface area contributed by atoms with Crippen molar-refractivity contribution in [1.82, 2.24) is 0 Å². The molecule has 0 aliphatic heterocycles. The molecule has 21 heavy (non-hydrogen) atoms. The minimum Gasteiger partial charge on any atom is -0.463 e. The maximum atomic E-state index is 11.2. The molecule has 2 aromatic rings. The van der Waals surface area contributed by atoms with Crippen LogP contribution in [0.1, 0.15) is 23.6 Å². The average molecular weight is 278 g/mol. The van der Waals surface area contributed by atoms with Gasteiger partial charge in [0.1, 0.15) is 0 Å². The summed E-state index contributed by atoms with van der Waals surface area (Å²) in [6.45, 7) is 2.19. The highest BCUT2D eigenvalue weighted by Gasteiger charge is 1.94. The number of carbonyl (C=O) groups excluding carboxylic acids is 1. The number of hydrogen-bond acceptors (Lipinski definition) is 2. The fourth-order valence-electron chi connectivity index (χ4n) is 1.83. The first-order valence-corrected chi connectivity index (χ1v) is 6.96. The lowest BCUT2D eigenvalue weighted by Gasteiger charge is -1.97. The SMILES string of the molecule is CCOC(=O)/C=C/c1ccc(/C=C/c2ccccc2)cc1. The Balaban J connectivity index is 1.99. The second-order valence-corrected chi connectivity index (χ2v) is 4.50. The van der Waals surface area contributed by atoms with E-state index in [1.807, 2.05) is 42.5 Å². The van der Waals surface area contributed by atoms with Gasteiger partial charge >= 0.3 is 5.97 Å². The third-order valence-corrected chi connectivity index (χ3v) is 2.90. The van der Waals surface area contributed by atoms with Gasteiger partial charge in [0.15, 0.2) is 0 Å². The molecule has 0 aliphatic rings. The molecule has 0 spiro atoms. The molecule has 0 heterocycles. The van der Waals surface area contributed by atoms with E-state index in [0.717, 1.165) is 11.1 Å². The summed E-state index contributed by atoms with van der Waals surface area (Å²) in [6, 6.07) is 18.1. The predicted molar refractivity (Wildman–Crippen MR) is 87.5 cm³/mol. The van der Waals surface area contributed by atoms with Gasteiger partial charge in [0.25, 0.3) is 0 Å². The largest absolute Gasteiger partial charge is 0.463 e. The smallest absolute Gasteiger partial charge is 0.330 e. The molecule has 0 fully saturated rings. The molecule has 2 nitrogen and oxygen atoms in total. The van der Waals surface area contributed by atoms with Crippen molar-refractivity contribution in [3.63, 3.8) is 0 Å². The Hall–Kier alpha value is -2.61. The van der Waals surface area contributed by atoms with Crippen molar-refractivity contribution < 1.29 is 9.53 Å². The number of carbonyl (C=O) groups is 1. The van der Waals surface area contributed by atoms with E-state index in [2.05, 4.69) is 24.3 Å². The molecule has 0 aromatic heterocycles. The van der Waals surface area contributed by atoms with Gasteiger partial charge in [0.2, 0.25) is 0 Å². The molecule has 2 rings (SSSR count). The quantitative estimate of drug-likeness (QED) is 0.459. The van der Waals surface area contributed by atoms with Gasteiger partial charge < -0.3 is 4.74 Å². The van der Waals surface area contributed by atoms with Crippen molar-refractivity contribution in [2.24, 2.45) is 0 Å². The first-order chi connectivity index (χ1) is 10.3. The Morgan fingerprint density at radius 1 is 0.857 bits per heavy atom. The van der Waals surface area contributed by atoms with Crippen LogP contribution >= 0.6 is 0 Å². The van der Waals surface area contributed by atoms with Crippen LogP contribution < -0.4 is 0 Å². The van der Waals surface area contributed by atoms with Crippen LogP contribution in [0.4, 0.5) is 0 Å². The van der Waals surface area contributed by atoms with Gasteiger partial charge in [-0.1, -0.05) is 66.7 Å². The lowest BCUT2D eigenvalue weighted by atomic mass is 10.1. The Morgan fingerprint density at radius 2 is 1.38 bits per heavy atom. The Labute approximate surface area is 125 Å². The van der Waals surface area contributed by atoms with Crippen LogP contribution in [0.2, 0.25) is 0 Å². The highest BCUT2D eigenvalue weighted by Crippen LogP contribution is 2.10. The molecule has 0 aliphatic carbocycles. The highest BCUT2D eigenvalue weighted by atomic mass is 16.5. The zero-order chi connectivity index (χ0) is 14.9. The molecule has 2 heteroatoms. The van der Waals surface area contributed by atoms with Crippen molar-refractivity contribution in [2.45, 2.75) is 6.92 Å². The van der Waals surface area contributed by atoms with Crippen molar-refractivity contribution in [3.8, 4) is 0 Å². The summed E-state index contributed by atoms with van der Waals surface area (Å²) in [4.78, 5) is 11.2. The first-order valence-electron chi connectivity index (χ1n) is 6.96. The van der Waals surface area contributed by atoms with Crippen LogP contribution in [0, 0.1) is 0 Å². The molecular formula is C19H18O2. The van der Waals surface area contributed by atoms with Gasteiger partial charge in [-0.3, -0.25) is 0 Å². The maximum absolute atomic E-state index is 11.2. The minimum atomic E-state index is -0.314.